The summed E-state index contributed by atoms with van der Waals surface area (Å²) >= 11 is 0. The highest BCUT2D eigenvalue weighted by atomic mass is 16.2. The van der Waals surface area contributed by atoms with Crippen LogP contribution in [0.15, 0.2) is 60.7 Å². The van der Waals surface area contributed by atoms with Crippen LogP contribution in [-0.2, 0) is 20.8 Å². The van der Waals surface area contributed by atoms with Crippen LogP contribution in [0.5, 0.6) is 0 Å². The summed E-state index contributed by atoms with van der Waals surface area (Å²) in [5, 5.41) is 5.58. The van der Waals surface area contributed by atoms with E-state index in [1.54, 1.807) is 0 Å². The molecule has 3 rings (SSSR count). The van der Waals surface area contributed by atoms with Gasteiger partial charge in [-0.2, -0.15) is 0 Å². The fraction of sp³-hybridized carbons (Fsp3) is 0.321. The molecular weight excluding hydrogens is 412 g/mol. The SMILES string of the molecule is C/C=C/CNC(=O)CCCC(=O)NCCC(=O)C1Cc2ccccc2C#Cc2ccccc21. The van der Waals surface area contributed by atoms with Gasteiger partial charge in [0.15, 0.2) is 0 Å². The van der Waals surface area contributed by atoms with E-state index in [2.05, 4.69) is 22.5 Å². The van der Waals surface area contributed by atoms with Crippen molar-refractivity contribution in [1.82, 2.24) is 10.6 Å². The van der Waals surface area contributed by atoms with Crippen molar-refractivity contribution in [2.75, 3.05) is 13.1 Å². The minimum Gasteiger partial charge on any atom is -0.356 e. The highest BCUT2D eigenvalue weighted by Crippen LogP contribution is 2.28. The topological polar surface area (TPSA) is 75.3 Å². The number of carbonyl (C=O) groups is 3. The molecule has 5 heteroatoms. The Morgan fingerprint density at radius 2 is 1.58 bits per heavy atom. The van der Waals surface area contributed by atoms with Crippen LogP contribution in [-0.4, -0.2) is 30.7 Å². The van der Waals surface area contributed by atoms with Crippen molar-refractivity contribution in [2.24, 2.45) is 0 Å². The first kappa shape index (κ1) is 24.0. The summed E-state index contributed by atoms with van der Waals surface area (Å²) in [7, 11) is 0. The summed E-state index contributed by atoms with van der Waals surface area (Å²) in [6.07, 6.45) is 5.63. The molecule has 2 aromatic rings. The largest absolute Gasteiger partial charge is 0.356 e. The van der Waals surface area contributed by atoms with Gasteiger partial charge in [-0.15, -0.1) is 0 Å². The average Bonchev–Trinajstić information content (AvgIpc) is 2.80. The maximum Gasteiger partial charge on any atom is 0.220 e. The molecule has 0 saturated carbocycles. The summed E-state index contributed by atoms with van der Waals surface area (Å²) in [4.78, 5) is 37.0. The normalized spacial score (nSPS) is 14.2. The lowest BCUT2D eigenvalue weighted by molar-refractivity contribution is -0.122. The van der Waals surface area contributed by atoms with E-state index in [0.717, 1.165) is 22.3 Å². The van der Waals surface area contributed by atoms with E-state index in [9.17, 15) is 14.4 Å². The van der Waals surface area contributed by atoms with Gasteiger partial charge in [-0.1, -0.05) is 60.4 Å². The molecule has 0 heterocycles. The lowest BCUT2D eigenvalue weighted by Crippen LogP contribution is -2.28. The molecule has 0 aliphatic heterocycles. The zero-order valence-electron chi connectivity index (χ0n) is 19.0. The van der Waals surface area contributed by atoms with Crippen molar-refractivity contribution < 1.29 is 14.4 Å². The lowest BCUT2D eigenvalue weighted by atomic mass is 9.82. The Hall–Kier alpha value is -3.65. The molecule has 5 nitrogen and oxygen atoms in total. The number of hydrogen-bond donors (Lipinski definition) is 2. The Balaban J connectivity index is 1.52. The van der Waals surface area contributed by atoms with E-state index in [4.69, 9.17) is 0 Å². The standard InChI is InChI=1S/C28H30N2O3/c1-2-3-18-29-27(32)13-8-14-28(33)30-19-17-26(31)25-20-23-11-5-4-9-21(23)15-16-22-10-6-7-12-24(22)25/h2-7,9-12,25H,8,13-14,17-20H2,1H3,(H,29,32)(H,30,33)/b3-2+. The number of amides is 2. The number of fused-ring (bicyclic) bond motifs is 2. The Kier molecular flexibility index (Phi) is 9.02. The molecule has 33 heavy (non-hydrogen) atoms. The van der Waals surface area contributed by atoms with E-state index in [0.29, 0.717) is 25.8 Å². The molecule has 0 bridgehead atoms. The fourth-order valence-electron chi connectivity index (χ4n) is 3.86. The minimum absolute atomic E-state index is 0.0672. The summed E-state index contributed by atoms with van der Waals surface area (Å²) in [5.41, 5.74) is 3.84. The van der Waals surface area contributed by atoms with Crippen molar-refractivity contribution in [2.45, 2.75) is 44.9 Å². The van der Waals surface area contributed by atoms with E-state index < -0.39 is 0 Å². The van der Waals surface area contributed by atoms with Crippen LogP contribution in [0.3, 0.4) is 0 Å². The predicted octanol–water partition coefficient (Wildman–Crippen LogP) is 3.66. The van der Waals surface area contributed by atoms with Crippen molar-refractivity contribution in [3.05, 3.63) is 82.9 Å². The Bertz CT molecular complexity index is 1090. The second kappa shape index (κ2) is 12.4. The third kappa shape index (κ3) is 7.18. The van der Waals surface area contributed by atoms with E-state index in [1.165, 1.54) is 0 Å². The lowest BCUT2D eigenvalue weighted by Gasteiger charge is -2.20. The number of allylic oxidation sites excluding steroid dienone is 1. The van der Waals surface area contributed by atoms with E-state index in [1.807, 2.05) is 67.6 Å². The Morgan fingerprint density at radius 1 is 0.909 bits per heavy atom. The van der Waals surface area contributed by atoms with Crippen molar-refractivity contribution >= 4 is 17.6 Å². The number of rotatable bonds is 10. The van der Waals surface area contributed by atoms with Gasteiger partial charge >= 0.3 is 0 Å². The van der Waals surface area contributed by atoms with Gasteiger partial charge in [-0.25, -0.2) is 0 Å². The van der Waals surface area contributed by atoms with Gasteiger partial charge in [0.05, 0.1) is 0 Å². The molecule has 0 radical (unpaired) electrons. The summed E-state index contributed by atoms with van der Waals surface area (Å²) in [6, 6.07) is 15.7. The maximum atomic E-state index is 13.2. The smallest absolute Gasteiger partial charge is 0.220 e. The molecule has 1 atom stereocenters. The molecule has 2 amide bonds. The second-order valence-electron chi connectivity index (χ2n) is 8.04. The van der Waals surface area contributed by atoms with Crippen LogP contribution in [0, 0.1) is 11.8 Å². The van der Waals surface area contributed by atoms with Gasteiger partial charge in [0.25, 0.3) is 0 Å². The molecule has 0 saturated heterocycles. The summed E-state index contributed by atoms with van der Waals surface area (Å²) < 4.78 is 0. The number of carbonyl (C=O) groups excluding carboxylic acids is 3. The van der Waals surface area contributed by atoms with Crippen LogP contribution in [0.1, 0.15) is 60.8 Å². The van der Waals surface area contributed by atoms with Crippen molar-refractivity contribution in [1.29, 1.82) is 0 Å². The van der Waals surface area contributed by atoms with Gasteiger partial charge in [0.2, 0.25) is 11.8 Å². The Morgan fingerprint density at radius 3 is 2.36 bits per heavy atom. The van der Waals surface area contributed by atoms with Crippen LogP contribution in [0.25, 0.3) is 0 Å². The highest BCUT2D eigenvalue weighted by molar-refractivity contribution is 5.88. The molecule has 1 aliphatic carbocycles. The molecule has 2 N–H and O–H groups in total. The number of ketones is 1. The predicted molar refractivity (Wildman–Crippen MR) is 130 cm³/mol. The van der Waals surface area contributed by atoms with Gasteiger partial charge < -0.3 is 10.6 Å². The third-order valence-corrected chi connectivity index (χ3v) is 5.65. The number of benzene rings is 2. The van der Waals surface area contributed by atoms with Gasteiger partial charge in [0, 0.05) is 49.4 Å². The summed E-state index contributed by atoms with van der Waals surface area (Å²) in [5.74, 6) is 6.03. The van der Waals surface area contributed by atoms with Crippen LogP contribution >= 0.6 is 0 Å². The quantitative estimate of drug-likeness (QED) is 0.436. The highest BCUT2D eigenvalue weighted by Gasteiger charge is 2.24. The number of Topliss-reactive ketones (excluding diaryl/α,β-unsaturated/α-hetero) is 1. The fourth-order valence-corrected chi connectivity index (χ4v) is 3.86. The van der Waals surface area contributed by atoms with Crippen LogP contribution < -0.4 is 10.6 Å². The van der Waals surface area contributed by atoms with Crippen LogP contribution in [0.2, 0.25) is 0 Å². The molecule has 1 aliphatic rings. The van der Waals surface area contributed by atoms with Crippen LogP contribution in [0.4, 0.5) is 0 Å². The van der Waals surface area contributed by atoms with Crippen molar-refractivity contribution in [3.63, 3.8) is 0 Å². The molecular formula is C28H30N2O3. The number of nitrogens with one attached hydrogen (secondary N) is 2. The summed E-state index contributed by atoms with van der Waals surface area (Å²) in [6.45, 7) is 2.69. The molecule has 0 fully saturated rings. The molecule has 170 valence electrons. The molecule has 0 spiro atoms. The van der Waals surface area contributed by atoms with Crippen molar-refractivity contribution in [3.8, 4) is 11.8 Å². The third-order valence-electron chi connectivity index (χ3n) is 5.65. The molecule has 0 aromatic heterocycles. The first-order valence-electron chi connectivity index (χ1n) is 11.4. The van der Waals surface area contributed by atoms with Gasteiger partial charge in [-0.3, -0.25) is 14.4 Å². The zero-order chi connectivity index (χ0) is 23.5. The van der Waals surface area contributed by atoms with E-state index in [-0.39, 0.29) is 42.9 Å². The van der Waals surface area contributed by atoms with Gasteiger partial charge in [0.1, 0.15) is 5.78 Å². The Labute approximate surface area is 195 Å². The molecule has 1 unspecified atom stereocenters. The second-order valence-corrected chi connectivity index (χ2v) is 8.04. The van der Waals surface area contributed by atoms with E-state index >= 15 is 0 Å². The molecule has 2 aromatic carbocycles. The van der Waals surface area contributed by atoms with Gasteiger partial charge in [-0.05, 0) is 43.0 Å². The monoisotopic (exact) mass is 442 g/mol. The zero-order valence-corrected chi connectivity index (χ0v) is 19.0. The maximum absolute atomic E-state index is 13.2. The number of hydrogen-bond acceptors (Lipinski definition) is 3. The first-order valence-corrected chi connectivity index (χ1v) is 11.4. The first-order chi connectivity index (χ1) is 16.1. The average molecular weight is 443 g/mol. The minimum atomic E-state index is -0.297.